The summed E-state index contributed by atoms with van der Waals surface area (Å²) in [7, 11) is 1.28. The van der Waals surface area contributed by atoms with Crippen molar-refractivity contribution in [3.63, 3.8) is 0 Å². The molecule has 6 heteroatoms. The van der Waals surface area contributed by atoms with Crippen molar-refractivity contribution < 1.29 is 14.6 Å². The third kappa shape index (κ3) is 3.44. The van der Waals surface area contributed by atoms with Crippen molar-refractivity contribution in [1.82, 2.24) is 9.97 Å². The van der Waals surface area contributed by atoms with E-state index in [1.165, 1.54) is 18.9 Å². The molecule has 0 atom stereocenters. The Morgan fingerprint density at radius 2 is 1.88 bits per heavy atom. The maximum Gasteiger partial charge on any atom is 0.345 e. The summed E-state index contributed by atoms with van der Waals surface area (Å²) < 4.78 is 4.81. The second-order valence-corrected chi connectivity index (χ2v) is 6.07. The van der Waals surface area contributed by atoms with Crippen LogP contribution < -0.4 is 0 Å². The minimum atomic E-state index is -0.625. The fourth-order valence-corrected chi connectivity index (χ4v) is 3.06. The van der Waals surface area contributed by atoms with Gasteiger partial charge in [0.05, 0.1) is 23.9 Å². The van der Waals surface area contributed by atoms with Crippen LogP contribution in [-0.2, 0) is 9.53 Å². The summed E-state index contributed by atoms with van der Waals surface area (Å²) in [5, 5.41) is 10.4. The molecule has 122 valence electrons. The molecule has 0 amide bonds. The molecule has 24 heavy (non-hydrogen) atoms. The topological polar surface area (TPSA) is 75.2 Å². The number of nitrogens with one attached hydrogen (secondary N) is 1. The van der Waals surface area contributed by atoms with Crippen molar-refractivity contribution >= 4 is 34.3 Å². The zero-order valence-corrected chi connectivity index (χ0v) is 13.8. The number of carbonyl (C=O) groups is 1. The van der Waals surface area contributed by atoms with Crippen LogP contribution in [0.1, 0.15) is 5.82 Å². The smallest absolute Gasteiger partial charge is 0.345 e. The first kappa shape index (κ1) is 16.1. The van der Waals surface area contributed by atoms with Crippen molar-refractivity contribution in [2.45, 2.75) is 4.90 Å². The Hall–Kier alpha value is -2.73. The number of aliphatic hydroxyl groups excluding tert-OH is 1. The Morgan fingerprint density at radius 1 is 1.17 bits per heavy atom. The Morgan fingerprint density at radius 3 is 2.58 bits per heavy atom. The van der Waals surface area contributed by atoms with Gasteiger partial charge in [-0.1, -0.05) is 30.3 Å². The van der Waals surface area contributed by atoms with E-state index >= 15 is 0 Å². The quantitative estimate of drug-likeness (QED) is 0.320. The zero-order chi connectivity index (χ0) is 16.9. The fourth-order valence-electron chi connectivity index (χ4n) is 2.27. The van der Waals surface area contributed by atoms with Crippen molar-refractivity contribution in [3.05, 3.63) is 66.2 Å². The molecule has 0 saturated carbocycles. The number of rotatable bonds is 5. The summed E-state index contributed by atoms with van der Waals surface area (Å²) in [5.74, 6) is -0.157. The molecule has 0 aliphatic heterocycles. The van der Waals surface area contributed by atoms with Gasteiger partial charge in [0, 0.05) is 4.90 Å². The van der Waals surface area contributed by atoms with Crippen molar-refractivity contribution in [2.24, 2.45) is 0 Å². The summed E-state index contributed by atoms with van der Waals surface area (Å²) in [6, 6.07) is 17.1. The summed E-state index contributed by atoms with van der Waals surface area (Å²) in [5.41, 5.74) is 1.56. The first-order chi connectivity index (χ1) is 11.7. The molecule has 0 unspecified atom stereocenters. The Kier molecular flexibility index (Phi) is 4.86. The minimum Gasteiger partial charge on any atom is -0.510 e. The second-order valence-electron chi connectivity index (χ2n) is 5.02. The van der Waals surface area contributed by atoms with E-state index in [1.807, 2.05) is 54.6 Å². The van der Waals surface area contributed by atoms with Crippen LogP contribution in [0.5, 0.6) is 0 Å². The van der Waals surface area contributed by atoms with Gasteiger partial charge >= 0.3 is 5.97 Å². The number of aromatic amines is 1. The van der Waals surface area contributed by atoms with Crippen LogP contribution in [0.3, 0.4) is 0 Å². The number of ether oxygens (including phenoxy) is 1. The van der Waals surface area contributed by atoms with Crippen LogP contribution in [-0.4, -0.2) is 33.9 Å². The van der Waals surface area contributed by atoms with Gasteiger partial charge in [0.2, 0.25) is 0 Å². The lowest BCUT2D eigenvalue weighted by Gasteiger charge is -2.07. The number of aliphatic hydroxyl groups is 1. The van der Waals surface area contributed by atoms with Crippen molar-refractivity contribution in [3.8, 4) is 0 Å². The van der Waals surface area contributed by atoms with E-state index in [2.05, 4.69) is 9.97 Å². The predicted molar refractivity (Wildman–Crippen MR) is 94.8 cm³/mol. The molecule has 0 spiro atoms. The van der Waals surface area contributed by atoms with E-state index in [0.717, 1.165) is 15.9 Å². The SMILES string of the molecule is COC(=O)/C(=C(\O)CSc1ccccc1)c1nc2ccccc2[nH]1. The average Bonchev–Trinajstić information content (AvgIpc) is 3.04. The highest BCUT2D eigenvalue weighted by Crippen LogP contribution is 2.25. The lowest BCUT2D eigenvalue weighted by Crippen LogP contribution is -2.09. The number of H-pyrrole nitrogens is 1. The highest BCUT2D eigenvalue weighted by molar-refractivity contribution is 7.99. The number of nitrogens with zero attached hydrogens (tertiary/aromatic N) is 1. The number of methoxy groups -OCH3 is 1. The molecule has 0 radical (unpaired) electrons. The molecule has 0 aliphatic carbocycles. The third-order valence-corrected chi connectivity index (χ3v) is 4.45. The highest BCUT2D eigenvalue weighted by atomic mass is 32.2. The zero-order valence-electron chi connectivity index (χ0n) is 13.0. The molecule has 0 bridgehead atoms. The number of fused-ring (bicyclic) bond motifs is 1. The second kappa shape index (κ2) is 7.23. The molecule has 1 aromatic heterocycles. The Bertz CT molecular complexity index is 854. The lowest BCUT2D eigenvalue weighted by molar-refractivity contribution is -0.133. The fraction of sp³-hybridized carbons (Fsp3) is 0.111. The van der Waals surface area contributed by atoms with Gasteiger partial charge in [0.15, 0.2) is 0 Å². The van der Waals surface area contributed by atoms with Gasteiger partial charge in [-0.15, -0.1) is 11.8 Å². The molecule has 2 N–H and O–H groups in total. The van der Waals surface area contributed by atoms with E-state index in [1.54, 1.807) is 0 Å². The maximum absolute atomic E-state index is 12.1. The molecule has 0 aliphatic rings. The molecule has 3 aromatic rings. The first-order valence-corrected chi connectivity index (χ1v) is 8.31. The number of hydrogen-bond donors (Lipinski definition) is 2. The largest absolute Gasteiger partial charge is 0.510 e. The summed E-state index contributed by atoms with van der Waals surface area (Å²) in [6.07, 6.45) is 0. The van der Waals surface area contributed by atoms with Crippen LogP contribution in [0.2, 0.25) is 0 Å². The van der Waals surface area contributed by atoms with Crippen LogP contribution in [0, 0.1) is 0 Å². The van der Waals surface area contributed by atoms with E-state index in [-0.39, 0.29) is 17.1 Å². The molecule has 1 heterocycles. The van der Waals surface area contributed by atoms with Crippen LogP contribution in [0.15, 0.2) is 65.3 Å². The third-order valence-electron chi connectivity index (χ3n) is 3.42. The van der Waals surface area contributed by atoms with Gasteiger partial charge in [-0.2, -0.15) is 0 Å². The van der Waals surface area contributed by atoms with Crippen molar-refractivity contribution in [1.29, 1.82) is 0 Å². The molecule has 5 nitrogen and oxygen atoms in total. The van der Waals surface area contributed by atoms with Crippen LogP contribution in [0.4, 0.5) is 0 Å². The number of aromatic nitrogens is 2. The summed E-state index contributed by atoms with van der Waals surface area (Å²) in [4.78, 5) is 20.6. The number of thioether (sulfide) groups is 1. The van der Waals surface area contributed by atoms with E-state index in [9.17, 15) is 9.90 Å². The van der Waals surface area contributed by atoms with Gasteiger partial charge in [0.1, 0.15) is 17.2 Å². The van der Waals surface area contributed by atoms with Gasteiger partial charge < -0.3 is 14.8 Å². The van der Waals surface area contributed by atoms with Crippen LogP contribution >= 0.6 is 11.8 Å². The molecule has 2 aromatic carbocycles. The molecule has 0 saturated heterocycles. The van der Waals surface area contributed by atoms with Gasteiger partial charge in [-0.05, 0) is 24.3 Å². The lowest BCUT2D eigenvalue weighted by atomic mass is 10.2. The summed E-state index contributed by atoms with van der Waals surface area (Å²) in [6.45, 7) is 0. The normalized spacial score (nSPS) is 12.0. The predicted octanol–water partition coefficient (Wildman–Crippen LogP) is 3.80. The minimum absolute atomic E-state index is 0.0529. The number of benzene rings is 2. The number of esters is 1. The standard InChI is InChI=1S/C18H16N2O3S/c1-23-18(22)16(15(21)11-24-12-7-3-2-4-8-12)17-19-13-9-5-6-10-14(13)20-17/h2-10,21H,11H2,1H3,(H,19,20)/b16-15-. The highest BCUT2D eigenvalue weighted by Gasteiger charge is 2.22. The molecular formula is C18H16N2O3S. The number of hydrogen-bond acceptors (Lipinski definition) is 5. The van der Waals surface area contributed by atoms with E-state index in [0.29, 0.717) is 5.82 Å². The molecule has 3 rings (SSSR count). The Balaban J connectivity index is 1.94. The van der Waals surface area contributed by atoms with Crippen molar-refractivity contribution in [2.75, 3.05) is 12.9 Å². The first-order valence-electron chi connectivity index (χ1n) is 7.32. The maximum atomic E-state index is 12.1. The van der Waals surface area contributed by atoms with Crippen LogP contribution in [0.25, 0.3) is 16.6 Å². The van der Waals surface area contributed by atoms with E-state index in [4.69, 9.17) is 4.74 Å². The number of para-hydroxylation sites is 2. The average molecular weight is 340 g/mol. The molecular weight excluding hydrogens is 324 g/mol. The van der Waals surface area contributed by atoms with Gasteiger partial charge in [-0.25, -0.2) is 9.78 Å². The summed E-state index contributed by atoms with van der Waals surface area (Å²) >= 11 is 1.43. The Labute approximate surface area is 143 Å². The van der Waals surface area contributed by atoms with E-state index < -0.39 is 5.97 Å². The molecule has 0 fully saturated rings. The monoisotopic (exact) mass is 340 g/mol. The number of imidazole rings is 1. The number of carbonyl (C=O) groups excluding carboxylic acids is 1. The van der Waals surface area contributed by atoms with Gasteiger partial charge in [-0.3, -0.25) is 0 Å². The van der Waals surface area contributed by atoms with Gasteiger partial charge in [0.25, 0.3) is 0 Å².